The zero-order valence-electron chi connectivity index (χ0n) is 8.44. The average Bonchev–Trinajstić information content (AvgIpc) is 2.16. The van der Waals surface area contributed by atoms with Crippen molar-refractivity contribution < 1.29 is 5.11 Å². The summed E-state index contributed by atoms with van der Waals surface area (Å²) in [5.74, 6) is 0. The summed E-state index contributed by atoms with van der Waals surface area (Å²) < 4.78 is 0. The van der Waals surface area contributed by atoms with E-state index in [1.54, 1.807) is 13.1 Å². The fraction of sp³-hybridized carbons (Fsp3) is 0.250. The van der Waals surface area contributed by atoms with Crippen LogP contribution in [0.5, 0.6) is 0 Å². The van der Waals surface area contributed by atoms with Gasteiger partial charge in [0.1, 0.15) is 0 Å². The Hall–Kier alpha value is -1.12. The number of benzene rings is 1. The molecule has 0 fully saturated rings. The number of aromatic nitrogens is 1. The number of fused-ring (bicyclic) bond motifs is 1. The van der Waals surface area contributed by atoms with Crippen LogP contribution in [0.3, 0.4) is 0 Å². The first kappa shape index (κ1) is 10.4. The van der Waals surface area contributed by atoms with E-state index in [0.717, 1.165) is 16.5 Å². The highest BCUT2D eigenvalue weighted by molar-refractivity contribution is 6.31. The molecule has 1 heterocycles. The van der Waals surface area contributed by atoms with E-state index >= 15 is 0 Å². The van der Waals surface area contributed by atoms with Gasteiger partial charge in [-0.05, 0) is 37.1 Å². The zero-order valence-corrected chi connectivity index (χ0v) is 9.20. The van der Waals surface area contributed by atoms with Crippen LogP contribution < -0.4 is 0 Å². The van der Waals surface area contributed by atoms with E-state index in [1.807, 2.05) is 24.3 Å². The number of nitrogens with zero attached hydrogens (tertiary/aromatic N) is 1. The van der Waals surface area contributed by atoms with Crippen molar-refractivity contribution in [3.63, 3.8) is 0 Å². The van der Waals surface area contributed by atoms with Gasteiger partial charge in [0.2, 0.25) is 0 Å². The van der Waals surface area contributed by atoms with E-state index in [0.29, 0.717) is 11.4 Å². The summed E-state index contributed by atoms with van der Waals surface area (Å²) in [5, 5.41) is 11.1. The Morgan fingerprint density at radius 1 is 1.40 bits per heavy atom. The predicted octanol–water partition coefficient (Wildman–Crippen LogP) is 2.81. The molecule has 15 heavy (non-hydrogen) atoms. The van der Waals surface area contributed by atoms with Crippen LogP contribution in [0, 0.1) is 0 Å². The van der Waals surface area contributed by atoms with Crippen LogP contribution in [0.2, 0.25) is 5.02 Å². The minimum atomic E-state index is -0.341. The summed E-state index contributed by atoms with van der Waals surface area (Å²) in [6, 6.07) is 7.56. The molecule has 1 unspecified atom stereocenters. The predicted molar refractivity (Wildman–Crippen MR) is 62.1 cm³/mol. The molecule has 2 nitrogen and oxygen atoms in total. The summed E-state index contributed by atoms with van der Waals surface area (Å²) in [7, 11) is 0. The Bertz CT molecular complexity index is 482. The highest BCUT2D eigenvalue weighted by Crippen LogP contribution is 2.21. The molecule has 2 rings (SSSR count). The van der Waals surface area contributed by atoms with Gasteiger partial charge in [-0.2, -0.15) is 0 Å². The number of aliphatic hydroxyl groups is 1. The molecular formula is C12H12ClNO. The van der Waals surface area contributed by atoms with E-state index in [1.165, 1.54) is 0 Å². The van der Waals surface area contributed by atoms with Crippen LogP contribution >= 0.6 is 11.6 Å². The van der Waals surface area contributed by atoms with Gasteiger partial charge < -0.3 is 5.11 Å². The molecular weight excluding hydrogens is 210 g/mol. The fourth-order valence-corrected chi connectivity index (χ4v) is 1.84. The second-order valence-electron chi connectivity index (χ2n) is 3.68. The van der Waals surface area contributed by atoms with Crippen molar-refractivity contribution >= 4 is 22.5 Å². The fourth-order valence-electron chi connectivity index (χ4n) is 1.68. The number of hydrogen-bond acceptors (Lipinski definition) is 2. The van der Waals surface area contributed by atoms with Gasteiger partial charge in [0.15, 0.2) is 0 Å². The maximum absolute atomic E-state index is 9.37. The summed E-state index contributed by atoms with van der Waals surface area (Å²) in [5.41, 5.74) is 1.98. The molecule has 0 aliphatic heterocycles. The third-order valence-electron chi connectivity index (χ3n) is 2.31. The molecule has 1 aromatic heterocycles. The van der Waals surface area contributed by atoms with Gasteiger partial charge >= 0.3 is 0 Å². The Morgan fingerprint density at radius 3 is 2.93 bits per heavy atom. The van der Waals surface area contributed by atoms with Crippen LogP contribution in [0.15, 0.2) is 30.5 Å². The Balaban J connectivity index is 2.56. The first-order valence-corrected chi connectivity index (χ1v) is 5.26. The van der Waals surface area contributed by atoms with Crippen molar-refractivity contribution in [2.24, 2.45) is 0 Å². The van der Waals surface area contributed by atoms with Crippen molar-refractivity contribution in [2.75, 3.05) is 0 Å². The second-order valence-corrected chi connectivity index (χ2v) is 4.12. The quantitative estimate of drug-likeness (QED) is 0.846. The van der Waals surface area contributed by atoms with Crippen molar-refractivity contribution in [1.82, 2.24) is 4.98 Å². The first-order valence-electron chi connectivity index (χ1n) is 4.88. The maximum atomic E-state index is 9.37. The minimum Gasteiger partial charge on any atom is -0.393 e. The van der Waals surface area contributed by atoms with E-state index in [-0.39, 0.29) is 6.10 Å². The summed E-state index contributed by atoms with van der Waals surface area (Å²) in [6.45, 7) is 1.78. The topological polar surface area (TPSA) is 33.1 Å². The second kappa shape index (κ2) is 4.17. The normalized spacial score (nSPS) is 13.0. The van der Waals surface area contributed by atoms with Gasteiger partial charge in [0.05, 0.1) is 11.6 Å². The molecule has 0 saturated heterocycles. The lowest BCUT2D eigenvalue weighted by Crippen LogP contribution is -2.04. The lowest BCUT2D eigenvalue weighted by atomic mass is 10.0. The lowest BCUT2D eigenvalue weighted by molar-refractivity contribution is 0.196. The SMILES string of the molecule is CC(O)Cc1ccnc2cc(Cl)ccc12. The van der Waals surface area contributed by atoms with E-state index in [9.17, 15) is 5.11 Å². The molecule has 0 radical (unpaired) electrons. The van der Waals surface area contributed by atoms with E-state index in [4.69, 9.17) is 11.6 Å². The zero-order chi connectivity index (χ0) is 10.8. The standard InChI is InChI=1S/C12H12ClNO/c1-8(15)6-9-4-5-14-12-7-10(13)2-3-11(9)12/h2-5,7-8,15H,6H2,1H3. The largest absolute Gasteiger partial charge is 0.393 e. The van der Waals surface area contributed by atoms with Crippen molar-refractivity contribution in [1.29, 1.82) is 0 Å². The molecule has 0 aliphatic carbocycles. The highest BCUT2D eigenvalue weighted by Gasteiger charge is 2.05. The van der Waals surface area contributed by atoms with Gasteiger partial charge in [-0.1, -0.05) is 17.7 Å². The Labute approximate surface area is 93.5 Å². The third-order valence-corrected chi connectivity index (χ3v) is 2.55. The minimum absolute atomic E-state index is 0.341. The van der Waals surface area contributed by atoms with Gasteiger partial charge in [-0.3, -0.25) is 4.98 Å². The smallest absolute Gasteiger partial charge is 0.0719 e. The first-order chi connectivity index (χ1) is 7.16. The monoisotopic (exact) mass is 221 g/mol. The van der Waals surface area contributed by atoms with Crippen LogP contribution in [0.4, 0.5) is 0 Å². The van der Waals surface area contributed by atoms with E-state index in [2.05, 4.69) is 4.98 Å². The molecule has 1 N–H and O–H groups in total. The summed E-state index contributed by atoms with van der Waals surface area (Å²) in [4.78, 5) is 4.24. The number of aliphatic hydroxyl groups excluding tert-OH is 1. The molecule has 3 heteroatoms. The molecule has 0 amide bonds. The highest BCUT2D eigenvalue weighted by atomic mass is 35.5. The maximum Gasteiger partial charge on any atom is 0.0719 e. The van der Waals surface area contributed by atoms with Gasteiger partial charge in [-0.15, -0.1) is 0 Å². The molecule has 0 spiro atoms. The lowest BCUT2D eigenvalue weighted by Gasteiger charge is -2.07. The Morgan fingerprint density at radius 2 is 2.20 bits per heavy atom. The molecule has 78 valence electrons. The van der Waals surface area contributed by atoms with Gasteiger partial charge in [-0.25, -0.2) is 0 Å². The van der Waals surface area contributed by atoms with Crippen LogP contribution in [-0.4, -0.2) is 16.2 Å². The number of hydrogen-bond donors (Lipinski definition) is 1. The van der Waals surface area contributed by atoms with Crippen molar-refractivity contribution in [3.05, 3.63) is 41.0 Å². The van der Waals surface area contributed by atoms with E-state index < -0.39 is 0 Å². The number of pyridine rings is 1. The van der Waals surface area contributed by atoms with Crippen LogP contribution in [0.1, 0.15) is 12.5 Å². The van der Waals surface area contributed by atoms with Crippen molar-refractivity contribution in [3.8, 4) is 0 Å². The molecule has 0 aliphatic rings. The third kappa shape index (κ3) is 2.28. The molecule has 1 aromatic carbocycles. The molecule has 1 atom stereocenters. The number of halogens is 1. The summed E-state index contributed by atoms with van der Waals surface area (Å²) in [6.07, 6.45) is 2.04. The van der Waals surface area contributed by atoms with Gasteiger partial charge in [0, 0.05) is 16.6 Å². The van der Waals surface area contributed by atoms with Crippen LogP contribution in [0.25, 0.3) is 10.9 Å². The van der Waals surface area contributed by atoms with Crippen molar-refractivity contribution in [2.45, 2.75) is 19.4 Å². The summed E-state index contributed by atoms with van der Waals surface area (Å²) >= 11 is 5.89. The molecule has 0 saturated carbocycles. The Kier molecular flexibility index (Phi) is 2.89. The molecule has 0 bridgehead atoms. The van der Waals surface area contributed by atoms with Crippen LogP contribution in [-0.2, 0) is 6.42 Å². The number of rotatable bonds is 2. The van der Waals surface area contributed by atoms with Gasteiger partial charge in [0.25, 0.3) is 0 Å². The average molecular weight is 222 g/mol. The molecule has 2 aromatic rings.